The summed E-state index contributed by atoms with van der Waals surface area (Å²) in [5.74, 6) is -0.154. The first-order valence-corrected chi connectivity index (χ1v) is 7.43. The van der Waals surface area contributed by atoms with Gasteiger partial charge in [-0.15, -0.1) is 0 Å². The maximum absolute atomic E-state index is 11.9. The SMILES string of the molecule is O=C(CCNc1ccccc1Cl)Nc1cc(Cl)ccc1Cl. The van der Waals surface area contributed by atoms with E-state index in [9.17, 15) is 4.79 Å². The number of carbonyl (C=O) groups excluding carboxylic acids is 1. The third kappa shape index (κ3) is 4.81. The predicted octanol–water partition coefficient (Wildman–Crippen LogP) is 5.09. The average Bonchev–Trinajstić information content (AvgIpc) is 2.45. The highest BCUT2D eigenvalue weighted by Gasteiger charge is 2.07. The van der Waals surface area contributed by atoms with Crippen LogP contribution >= 0.6 is 34.8 Å². The Kier molecular flexibility index (Phi) is 5.74. The predicted molar refractivity (Wildman–Crippen MR) is 89.7 cm³/mol. The molecule has 0 radical (unpaired) electrons. The number of rotatable bonds is 5. The lowest BCUT2D eigenvalue weighted by atomic mass is 10.3. The van der Waals surface area contributed by atoms with Crippen molar-refractivity contribution in [2.24, 2.45) is 0 Å². The lowest BCUT2D eigenvalue weighted by Gasteiger charge is -2.10. The van der Waals surface area contributed by atoms with Crippen molar-refractivity contribution in [3.8, 4) is 0 Å². The molecular weight excluding hydrogens is 331 g/mol. The lowest BCUT2D eigenvalue weighted by Crippen LogP contribution is -2.16. The molecule has 2 aromatic rings. The first-order chi connectivity index (χ1) is 10.1. The zero-order chi connectivity index (χ0) is 15.2. The van der Waals surface area contributed by atoms with Crippen LogP contribution in [0.3, 0.4) is 0 Å². The Balaban J connectivity index is 1.85. The van der Waals surface area contributed by atoms with E-state index in [0.29, 0.717) is 27.3 Å². The first kappa shape index (κ1) is 16.0. The second kappa shape index (κ2) is 7.55. The minimum absolute atomic E-state index is 0.154. The minimum atomic E-state index is -0.154. The Morgan fingerprint density at radius 3 is 2.43 bits per heavy atom. The number of para-hydroxylation sites is 1. The van der Waals surface area contributed by atoms with Gasteiger partial charge in [0, 0.05) is 18.0 Å². The second-order valence-electron chi connectivity index (χ2n) is 4.33. The van der Waals surface area contributed by atoms with Gasteiger partial charge in [0.15, 0.2) is 0 Å². The summed E-state index contributed by atoms with van der Waals surface area (Å²) >= 11 is 17.9. The van der Waals surface area contributed by atoms with Gasteiger partial charge in [-0.3, -0.25) is 4.79 Å². The molecule has 0 heterocycles. The average molecular weight is 344 g/mol. The number of carbonyl (C=O) groups is 1. The molecule has 0 saturated heterocycles. The van der Waals surface area contributed by atoms with Crippen LogP contribution in [0.5, 0.6) is 0 Å². The lowest BCUT2D eigenvalue weighted by molar-refractivity contribution is -0.115. The van der Waals surface area contributed by atoms with Gasteiger partial charge in [-0.1, -0.05) is 46.9 Å². The molecule has 0 bridgehead atoms. The largest absolute Gasteiger partial charge is 0.383 e. The molecule has 0 aliphatic rings. The van der Waals surface area contributed by atoms with E-state index in [4.69, 9.17) is 34.8 Å². The molecular formula is C15H13Cl3N2O. The monoisotopic (exact) mass is 342 g/mol. The molecule has 0 unspecified atom stereocenters. The number of hydrogen-bond acceptors (Lipinski definition) is 2. The van der Waals surface area contributed by atoms with Crippen LogP contribution in [0, 0.1) is 0 Å². The maximum atomic E-state index is 11.9. The third-order valence-electron chi connectivity index (χ3n) is 2.74. The quantitative estimate of drug-likeness (QED) is 0.794. The fraction of sp³-hybridized carbons (Fsp3) is 0.133. The van der Waals surface area contributed by atoms with Gasteiger partial charge in [0.25, 0.3) is 0 Å². The summed E-state index contributed by atoms with van der Waals surface area (Å²) in [7, 11) is 0. The van der Waals surface area contributed by atoms with Crippen molar-refractivity contribution in [3.63, 3.8) is 0 Å². The maximum Gasteiger partial charge on any atom is 0.226 e. The molecule has 2 rings (SSSR count). The highest BCUT2D eigenvalue weighted by atomic mass is 35.5. The van der Waals surface area contributed by atoms with E-state index in [0.717, 1.165) is 5.69 Å². The zero-order valence-corrected chi connectivity index (χ0v) is 13.3. The van der Waals surface area contributed by atoms with Crippen LogP contribution in [0.25, 0.3) is 0 Å². The molecule has 0 saturated carbocycles. The van der Waals surface area contributed by atoms with E-state index < -0.39 is 0 Å². The van der Waals surface area contributed by atoms with Gasteiger partial charge in [-0.25, -0.2) is 0 Å². The van der Waals surface area contributed by atoms with Crippen LogP contribution in [0.4, 0.5) is 11.4 Å². The van der Waals surface area contributed by atoms with Crippen LogP contribution < -0.4 is 10.6 Å². The van der Waals surface area contributed by atoms with E-state index >= 15 is 0 Å². The molecule has 0 spiro atoms. The summed E-state index contributed by atoms with van der Waals surface area (Å²) in [5, 5.41) is 7.42. The molecule has 21 heavy (non-hydrogen) atoms. The summed E-state index contributed by atoms with van der Waals surface area (Å²) in [6.07, 6.45) is 0.286. The van der Waals surface area contributed by atoms with Gasteiger partial charge in [-0.2, -0.15) is 0 Å². The fourth-order valence-electron chi connectivity index (χ4n) is 1.72. The summed E-state index contributed by atoms with van der Waals surface area (Å²) in [4.78, 5) is 11.9. The number of amides is 1. The standard InChI is InChI=1S/C15H13Cl3N2O/c16-10-5-6-12(18)14(9-10)20-15(21)7-8-19-13-4-2-1-3-11(13)17/h1-6,9,19H,7-8H2,(H,20,21). The molecule has 2 aromatic carbocycles. The van der Waals surface area contributed by atoms with Crippen molar-refractivity contribution in [2.75, 3.05) is 17.2 Å². The van der Waals surface area contributed by atoms with Crippen molar-refractivity contribution >= 4 is 52.1 Å². The van der Waals surface area contributed by atoms with Crippen molar-refractivity contribution in [1.29, 1.82) is 0 Å². The van der Waals surface area contributed by atoms with Crippen LogP contribution in [-0.4, -0.2) is 12.5 Å². The van der Waals surface area contributed by atoms with E-state index in [2.05, 4.69) is 10.6 Å². The fourth-order valence-corrected chi connectivity index (χ4v) is 2.26. The zero-order valence-electron chi connectivity index (χ0n) is 11.0. The number of benzene rings is 2. The Hall–Kier alpha value is -1.42. The summed E-state index contributed by atoms with van der Waals surface area (Å²) in [5.41, 5.74) is 1.31. The van der Waals surface area contributed by atoms with Gasteiger partial charge in [-0.05, 0) is 30.3 Å². The molecule has 6 heteroatoms. The van der Waals surface area contributed by atoms with Crippen LogP contribution in [0.2, 0.25) is 15.1 Å². The Labute approximate surface area is 138 Å². The van der Waals surface area contributed by atoms with Crippen molar-refractivity contribution in [2.45, 2.75) is 6.42 Å². The smallest absolute Gasteiger partial charge is 0.226 e. The van der Waals surface area contributed by atoms with Crippen LogP contribution in [-0.2, 0) is 4.79 Å². The first-order valence-electron chi connectivity index (χ1n) is 6.29. The van der Waals surface area contributed by atoms with Crippen molar-refractivity contribution < 1.29 is 4.79 Å². The number of nitrogens with one attached hydrogen (secondary N) is 2. The Morgan fingerprint density at radius 1 is 0.952 bits per heavy atom. The molecule has 0 aliphatic carbocycles. The van der Waals surface area contributed by atoms with Gasteiger partial charge in [0.05, 0.1) is 21.4 Å². The topological polar surface area (TPSA) is 41.1 Å². The molecule has 0 aromatic heterocycles. The molecule has 1 amide bonds. The highest BCUT2D eigenvalue weighted by Crippen LogP contribution is 2.25. The molecule has 2 N–H and O–H groups in total. The van der Waals surface area contributed by atoms with E-state index in [1.165, 1.54) is 0 Å². The summed E-state index contributed by atoms with van der Waals surface area (Å²) < 4.78 is 0. The van der Waals surface area contributed by atoms with Crippen molar-refractivity contribution in [3.05, 3.63) is 57.5 Å². The number of hydrogen-bond donors (Lipinski definition) is 2. The minimum Gasteiger partial charge on any atom is -0.383 e. The second-order valence-corrected chi connectivity index (χ2v) is 5.58. The molecule has 0 fully saturated rings. The van der Waals surface area contributed by atoms with Crippen LogP contribution in [0.15, 0.2) is 42.5 Å². The van der Waals surface area contributed by atoms with E-state index in [1.807, 2.05) is 18.2 Å². The number of halogens is 3. The van der Waals surface area contributed by atoms with Gasteiger partial charge < -0.3 is 10.6 Å². The van der Waals surface area contributed by atoms with Gasteiger partial charge in [0.2, 0.25) is 5.91 Å². The molecule has 0 aliphatic heterocycles. The molecule has 3 nitrogen and oxygen atoms in total. The highest BCUT2D eigenvalue weighted by molar-refractivity contribution is 6.35. The van der Waals surface area contributed by atoms with Gasteiger partial charge in [0.1, 0.15) is 0 Å². The number of anilines is 2. The van der Waals surface area contributed by atoms with Crippen LogP contribution in [0.1, 0.15) is 6.42 Å². The van der Waals surface area contributed by atoms with E-state index in [1.54, 1.807) is 24.3 Å². The Bertz CT molecular complexity index is 647. The van der Waals surface area contributed by atoms with Gasteiger partial charge >= 0.3 is 0 Å². The Morgan fingerprint density at radius 2 is 1.67 bits per heavy atom. The van der Waals surface area contributed by atoms with E-state index in [-0.39, 0.29) is 12.3 Å². The third-order valence-corrected chi connectivity index (χ3v) is 3.64. The normalized spacial score (nSPS) is 10.2. The summed E-state index contributed by atoms with van der Waals surface area (Å²) in [6.45, 7) is 0.466. The summed E-state index contributed by atoms with van der Waals surface area (Å²) in [6, 6.07) is 12.3. The molecule has 0 atom stereocenters. The molecule has 110 valence electrons. The van der Waals surface area contributed by atoms with Crippen molar-refractivity contribution in [1.82, 2.24) is 0 Å².